The SMILES string of the molecule is CNCCOCCOCCOCCn1cc(CN2CC(S(C)(=O)=O)C2)nn1. The van der Waals surface area contributed by atoms with Crippen LogP contribution in [-0.2, 0) is 37.1 Å². The van der Waals surface area contributed by atoms with Gasteiger partial charge in [0.15, 0.2) is 9.84 Å². The second-order valence-electron chi connectivity index (χ2n) is 6.56. The van der Waals surface area contributed by atoms with Crippen LogP contribution in [0.1, 0.15) is 5.69 Å². The van der Waals surface area contributed by atoms with Crippen LogP contribution in [0.25, 0.3) is 0 Å². The minimum absolute atomic E-state index is 0.247. The maximum Gasteiger partial charge on any atom is 0.152 e. The summed E-state index contributed by atoms with van der Waals surface area (Å²) in [5.74, 6) is 0. The third kappa shape index (κ3) is 8.62. The number of hydrogen-bond donors (Lipinski definition) is 1. The van der Waals surface area contributed by atoms with Crippen molar-refractivity contribution in [2.45, 2.75) is 18.3 Å². The van der Waals surface area contributed by atoms with Crippen LogP contribution >= 0.6 is 0 Å². The van der Waals surface area contributed by atoms with E-state index in [0.29, 0.717) is 65.8 Å². The van der Waals surface area contributed by atoms with Gasteiger partial charge in [0, 0.05) is 38.6 Å². The Hall–Kier alpha value is -1.11. The fraction of sp³-hybridized carbons (Fsp3) is 0.875. The molecule has 0 aromatic carbocycles. The van der Waals surface area contributed by atoms with Crippen LogP contribution in [0, 0.1) is 0 Å². The van der Waals surface area contributed by atoms with E-state index in [2.05, 4.69) is 20.5 Å². The Bertz CT molecular complexity index is 633. The third-order valence-corrected chi connectivity index (χ3v) is 5.72. The highest BCUT2D eigenvalue weighted by atomic mass is 32.2. The lowest BCUT2D eigenvalue weighted by Crippen LogP contribution is -2.53. The van der Waals surface area contributed by atoms with Gasteiger partial charge in [-0.05, 0) is 7.05 Å². The van der Waals surface area contributed by atoms with Crippen molar-refractivity contribution in [1.82, 2.24) is 25.2 Å². The highest BCUT2D eigenvalue weighted by molar-refractivity contribution is 7.91. The first-order valence-electron chi connectivity index (χ1n) is 9.17. The first-order chi connectivity index (χ1) is 13.0. The zero-order chi connectivity index (χ0) is 19.5. The van der Waals surface area contributed by atoms with Gasteiger partial charge in [0.05, 0.1) is 57.1 Å². The van der Waals surface area contributed by atoms with Crippen LogP contribution in [0.3, 0.4) is 0 Å². The minimum Gasteiger partial charge on any atom is -0.378 e. The molecule has 0 amide bonds. The lowest BCUT2D eigenvalue weighted by molar-refractivity contribution is 0.0134. The number of sulfone groups is 1. The van der Waals surface area contributed by atoms with E-state index in [1.165, 1.54) is 6.26 Å². The first kappa shape index (κ1) is 22.2. The van der Waals surface area contributed by atoms with Gasteiger partial charge in [0.1, 0.15) is 0 Å². The van der Waals surface area contributed by atoms with Crippen molar-refractivity contribution in [2.75, 3.05) is 72.6 Å². The van der Waals surface area contributed by atoms with Gasteiger partial charge in [-0.25, -0.2) is 13.1 Å². The molecule has 0 spiro atoms. The zero-order valence-electron chi connectivity index (χ0n) is 16.2. The van der Waals surface area contributed by atoms with Crippen molar-refractivity contribution >= 4 is 9.84 Å². The molecule has 1 saturated heterocycles. The number of rotatable bonds is 15. The summed E-state index contributed by atoms with van der Waals surface area (Å²) in [4.78, 5) is 2.05. The van der Waals surface area contributed by atoms with Crippen LogP contribution in [0.5, 0.6) is 0 Å². The number of nitrogens with zero attached hydrogens (tertiary/aromatic N) is 4. The Labute approximate surface area is 161 Å². The predicted octanol–water partition coefficient (Wildman–Crippen LogP) is -1.22. The van der Waals surface area contributed by atoms with E-state index in [9.17, 15) is 8.42 Å². The number of nitrogens with one attached hydrogen (secondary N) is 1. The summed E-state index contributed by atoms with van der Waals surface area (Å²) in [5, 5.41) is 10.9. The summed E-state index contributed by atoms with van der Waals surface area (Å²) in [5.41, 5.74) is 0.837. The van der Waals surface area contributed by atoms with Gasteiger partial charge in [0.25, 0.3) is 0 Å². The van der Waals surface area contributed by atoms with E-state index in [4.69, 9.17) is 14.2 Å². The molecule has 1 aromatic heterocycles. The maximum atomic E-state index is 11.4. The van der Waals surface area contributed by atoms with Gasteiger partial charge in [-0.15, -0.1) is 5.10 Å². The van der Waals surface area contributed by atoms with Gasteiger partial charge in [-0.3, -0.25) is 4.90 Å². The first-order valence-corrected chi connectivity index (χ1v) is 11.1. The van der Waals surface area contributed by atoms with Gasteiger partial charge >= 0.3 is 0 Å². The summed E-state index contributed by atoms with van der Waals surface area (Å²) in [6.07, 6.45) is 3.16. The molecule has 1 N–H and O–H groups in total. The van der Waals surface area contributed by atoms with E-state index < -0.39 is 9.84 Å². The van der Waals surface area contributed by atoms with Crippen LogP contribution in [0.15, 0.2) is 6.20 Å². The van der Waals surface area contributed by atoms with Gasteiger partial charge in [0.2, 0.25) is 0 Å². The predicted molar refractivity (Wildman–Crippen MR) is 100 cm³/mol. The molecule has 2 heterocycles. The second kappa shape index (κ2) is 11.7. The van der Waals surface area contributed by atoms with E-state index in [0.717, 1.165) is 12.2 Å². The molecular weight excluding hydrogens is 374 g/mol. The molecule has 0 radical (unpaired) electrons. The van der Waals surface area contributed by atoms with E-state index >= 15 is 0 Å². The van der Waals surface area contributed by atoms with E-state index in [1.807, 2.05) is 13.2 Å². The van der Waals surface area contributed by atoms with Crippen LogP contribution in [0.4, 0.5) is 0 Å². The molecule has 1 fully saturated rings. The average molecular weight is 406 g/mol. The molecule has 10 nitrogen and oxygen atoms in total. The lowest BCUT2D eigenvalue weighted by atomic mass is 10.2. The second-order valence-corrected chi connectivity index (χ2v) is 8.88. The monoisotopic (exact) mass is 405 g/mol. The van der Waals surface area contributed by atoms with E-state index in [1.54, 1.807) is 4.68 Å². The van der Waals surface area contributed by atoms with Crippen molar-refractivity contribution in [3.05, 3.63) is 11.9 Å². The summed E-state index contributed by atoms with van der Waals surface area (Å²) in [6, 6.07) is 0. The smallest absolute Gasteiger partial charge is 0.152 e. The summed E-state index contributed by atoms with van der Waals surface area (Å²) in [7, 11) is -1.05. The standard InChI is InChI=1S/C16H31N5O5S/c1-17-3-5-24-7-9-26-10-8-25-6-4-21-12-15(18-19-21)11-20-13-16(14-20)27(2,22)23/h12,16-17H,3-11,13-14H2,1-2H3. The largest absolute Gasteiger partial charge is 0.378 e. The Morgan fingerprint density at radius 1 is 1.11 bits per heavy atom. The molecule has 0 bridgehead atoms. The highest BCUT2D eigenvalue weighted by Crippen LogP contribution is 2.17. The topological polar surface area (TPSA) is 108 Å². The highest BCUT2D eigenvalue weighted by Gasteiger charge is 2.34. The third-order valence-electron chi connectivity index (χ3n) is 4.21. The number of likely N-dealkylation sites (tertiary alicyclic amines) is 1. The molecule has 0 unspecified atom stereocenters. The fourth-order valence-electron chi connectivity index (χ4n) is 2.55. The maximum absolute atomic E-state index is 11.4. The molecule has 11 heteroatoms. The molecule has 0 atom stereocenters. The Morgan fingerprint density at radius 2 is 1.74 bits per heavy atom. The number of ether oxygens (including phenoxy) is 3. The van der Waals surface area contributed by atoms with Gasteiger partial charge in [-0.2, -0.15) is 0 Å². The van der Waals surface area contributed by atoms with Crippen molar-refractivity contribution in [2.24, 2.45) is 0 Å². The average Bonchev–Trinajstić information content (AvgIpc) is 3.02. The molecule has 0 aliphatic carbocycles. The molecule has 0 saturated carbocycles. The van der Waals surface area contributed by atoms with E-state index in [-0.39, 0.29) is 5.25 Å². The Kier molecular flexibility index (Phi) is 9.59. The molecule has 2 rings (SSSR count). The van der Waals surface area contributed by atoms with Crippen molar-refractivity contribution in [3.8, 4) is 0 Å². The lowest BCUT2D eigenvalue weighted by Gasteiger charge is -2.37. The van der Waals surface area contributed by atoms with Gasteiger partial charge in [-0.1, -0.05) is 5.21 Å². The Morgan fingerprint density at radius 3 is 2.37 bits per heavy atom. The van der Waals surface area contributed by atoms with Crippen molar-refractivity contribution in [3.63, 3.8) is 0 Å². The Balaban J connectivity index is 1.46. The summed E-state index contributed by atoms with van der Waals surface area (Å²) >= 11 is 0. The minimum atomic E-state index is -2.93. The van der Waals surface area contributed by atoms with Crippen LogP contribution in [0.2, 0.25) is 0 Å². The molecule has 1 aromatic rings. The van der Waals surface area contributed by atoms with Crippen LogP contribution < -0.4 is 5.32 Å². The van der Waals surface area contributed by atoms with Crippen LogP contribution in [-0.4, -0.2) is 106 Å². The summed E-state index contributed by atoms with van der Waals surface area (Å²) in [6.45, 7) is 6.64. The number of likely N-dealkylation sites (N-methyl/N-ethyl adjacent to an activating group) is 1. The normalized spacial score (nSPS) is 15.9. The van der Waals surface area contributed by atoms with Gasteiger partial charge < -0.3 is 19.5 Å². The summed E-state index contributed by atoms with van der Waals surface area (Å²) < 4.78 is 40.8. The van der Waals surface area contributed by atoms with Crippen molar-refractivity contribution < 1.29 is 22.6 Å². The fourth-order valence-corrected chi connectivity index (χ4v) is 3.51. The molecule has 27 heavy (non-hydrogen) atoms. The molecule has 1 aliphatic rings. The molecule has 1 aliphatic heterocycles. The quantitative estimate of drug-likeness (QED) is 0.359. The number of hydrogen-bond acceptors (Lipinski definition) is 9. The molecular formula is C16H31N5O5S. The number of aromatic nitrogens is 3. The zero-order valence-corrected chi connectivity index (χ0v) is 17.0. The molecule has 156 valence electrons. The van der Waals surface area contributed by atoms with Crippen molar-refractivity contribution in [1.29, 1.82) is 0 Å².